The Bertz CT molecular complexity index is 766. The van der Waals surface area contributed by atoms with Crippen molar-refractivity contribution >= 4 is 16.6 Å². The second-order valence-corrected chi connectivity index (χ2v) is 7.93. The van der Waals surface area contributed by atoms with Gasteiger partial charge in [-0.1, -0.05) is 12.8 Å². The van der Waals surface area contributed by atoms with Crippen molar-refractivity contribution in [2.24, 2.45) is 0 Å². The number of pyridine rings is 1. The second kappa shape index (κ2) is 7.83. The first-order chi connectivity index (χ1) is 12.7. The first-order valence-electron chi connectivity index (χ1n) is 10.2. The van der Waals surface area contributed by atoms with Crippen LogP contribution in [0.3, 0.4) is 0 Å². The summed E-state index contributed by atoms with van der Waals surface area (Å²) in [7, 11) is 3.96. The van der Waals surface area contributed by atoms with Crippen molar-refractivity contribution in [2.45, 2.75) is 57.4 Å². The molecule has 4 nitrogen and oxygen atoms in total. The highest BCUT2D eigenvalue weighted by Crippen LogP contribution is 2.35. The molecule has 2 aliphatic rings. The van der Waals surface area contributed by atoms with E-state index in [0.29, 0.717) is 6.04 Å². The zero-order valence-electron chi connectivity index (χ0n) is 16.2. The molecule has 0 spiro atoms. The molecule has 140 valence electrons. The van der Waals surface area contributed by atoms with Gasteiger partial charge in [-0.15, -0.1) is 0 Å². The molecule has 1 saturated heterocycles. The maximum absolute atomic E-state index is 5.51. The number of benzene rings is 1. The highest BCUT2D eigenvalue weighted by molar-refractivity contribution is 5.94. The van der Waals surface area contributed by atoms with Gasteiger partial charge in [0, 0.05) is 22.8 Å². The van der Waals surface area contributed by atoms with Crippen LogP contribution >= 0.6 is 0 Å². The lowest BCUT2D eigenvalue weighted by Crippen LogP contribution is -2.37. The molecular formula is C22H31N3O. The standard InChI is InChI=1S/C22H31N3O/c1-25-13-11-16(12-14-25)23-22-18-7-5-3-4-6-8-20(18)24-21-10-9-17(26-2)15-19(21)22/h9-10,15-16H,3-8,11-14H2,1-2H3,(H,23,24). The molecular weight excluding hydrogens is 322 g/mol. The number of fused-ring (bicyclic) bond motifs is 2. The molecule has 0 saturated carbocycles. The predicted octanol–water partition coefficient (Wildman–Crippen LogP) is 4.41. The number of rotatable bonds is 3. The lowest BCUT2D eigenvalue weighted by molar-refractivity contribution is 0.264. The summed E-state index contributed by atoms with van der Waals surface area (Å²) in [6.07, 6.45) is 9.87. The lowest BCUT2D eigenvalue weighted by Gasteiger charge is -2.32. The third-order valence-electron chi connectivity index (χ3n) is 6.04. The van der Waals surface area contributed by atoms with Crippen LogP contribution in [0.1, 0.15) is 49.8 Å². The van der Waals surface area contributed by atoms with Gasteiger partial charge in [0.2, 0.25) is 0 Å². The number of aryl methyl sites for hydroxylation is 1. The Morgan fingerprint density at radius 3 is 2.62 bits per heavy atom. The molecule has 2 aromatic rings. The van der Waals surface area contributed by atoms with Crippen LogP contribution in [0.25, 0.3) is 10.9 Å². The van der Waals surface area contributed by atoms with Gasteiger partial charge in [-0.25, -0.2) is 0 Å². The van der Waals surface area contributed by atoms with Gasteiger partial charge in [0.15, 0.2) is 0 Å². The number of methoxy groups -OCH3 is 1. The smallest absolute Gasteiger partial charge is 0.119 e. The van der Waals surface area contributed by atoms with Gasteiger partial charge in [-0.05, 0) is 82.4 Å². The minimum absolute atomic E-state index is 0.553. The van der Waals surface area contributed by atoms with Crippen molar-refractivity contribution < 1.29 is 4.74 Å². The SMILES string of the molecule is COc1ccc2nc3c(c(NC4CCN(C)CC4)c2c1)CCCCCC3. The molecule has 0 amide bonds. The molecule has 1 N–H and O–H groups in total. The van der Waals surface area contributed by atoms with Crippen LogP contribution in [0.5, 0.6) is 5.75 Å². The van der Waals surface area contributed by atoms with Crippen molar-refractivity contribution in [3.05, 3.63) is 29.5 Å². The van der Waals surface area contributed by atoms with E-state index in [4.69, 9.17) is 9.72 Å². The normalized spacial score (nSPS) is 19.6. The molecule has 1 aromatic carbocycles. The third kappa shape index (κ3) is 3.66. The largest absolute Gasteiger partial charge is 0.497 e. The summed E-state index contributed by atoms with van der Waals surface area (Å²) >= 11 is 0. The van der Waals surface area contributed by atoms with Crippen LogP contribution in [0, 0.1) is 0 Å². The fourth-order valence-electron chi connectivity index (χ4n) is 4.41. The van der Waals surface area contributed by atoms with Crippen molar-refractivity contribution in [1.82, 2.24) is 9.88 Å². The number of hydrogen-bond donors (Lipinski definition) is 1. The molecule has 0 bridgehead atoms. The average molecular weight is 354 g/mol. The first-order valence-corrected chi connectivity index (χ1v) is 10.2. The van der Waals surface area contributed by atoms with E-state index in [1.54, 1.807) is 7.11 Å². The molecule has 0 atom stereocenters. The Hall–Kier alpha value is -1.81. The summed E-state index contributed by atoms with van der Waals surface area (Å²) in [5.74, 6) is 0.913. The zero-order valence-corrected chi connectivity index (χ0v) is 16.2. The van der Waals surface area contributed by atoms with Gasteiger partial charge in [-0.2, -0.15) is 0 Å². The summed E-state index contributed by atoms with van der Waals surface area (Å²) in [4.78, 5) is 7.48. The third-order valence-corrected chi connectivity index (χ3v) is 6.04. The second-order valence-electron chi connectivity index (χ2n) is 7.93. The highest BCUT2D eigenvalue weighted by atomic mass is 16.5. The number of piperidine rings is 1. The first kappa shape index (κ1) is 17.6. The number of ether oxygens (including phenoxy) is 1. The van der Waals surface area contributed by atoms with E-state index in [0.717, 1.165) is 24.1 Å². The van der Waals surface area contributed by atoms with Gasteiger partial charge in [0.05, 0.1) is 12.6 Å². The van der Waals surface area contributed by atoms with Crippen LogP contribution in [0.2, 0.25) is 0 Å². The predicted molar refractivity (Wildman–Crippen MR) is 108 cm³/mol. The summed E-state index contributed by atoms with van der Waals surface area (Å²) in [6.45, 7) is 2.35. The number of hydrogen-bond acceptors (Lipinski definition) is 4. The maximum Gasteiger partial charge on any atom is 0.119 e. The molecule has 26 heavy (non-hydrogen) atoms. The van der Waals surface area contributed by atoms with Gasteiger partial charge in [-0.3, -0.25) is 4.98 Å². The maximum atomic E-state index is 5.51. The number of nitrogens with one attached hydrogen (secondary N) is 1. The van der Waals surface area contributed by atoms with E-state index in [1.807, 2.05) is 6.07 Å². The monoisotopic (exact) mass is 353 g/mol. The van der Waals surface area contributed by atoms with E-state index in [2.05, 4.69) is 29.4 Å². The Balaban J connectivity index is 1.78. The summed E-state index contributed by atoms with van der Waals surface area (Å²) in [6, 6.07) is 6.87. The minimum Gasteiger partial charge on any atom is -0.497 e. The van der Waals surface area contributed by atoms with E-state index in [-0.39, 0.29) is 0 Å². The fraction of sp³-hybridized carbons (Fsp3) is 0.591. The van der Waals surface area contributed by atoms with Gasteiger partial charge >= 0.3 is 0 Å². The van der Waals surface area contributed by atoms with Crippen LogP contribution < -0.4 is 10.1 Å². The summed E-state index contributed by atoms with van der Waals surface area (Å²) < 4.78 is 5.51. The molecule has 1 aromatic heterocycles. The molecule has 2 heterocycles. The van der Waals surface area contributed by atoms with Crippen molar-refractivity contribution in [1.29, 1.82) is 0 Å². The van der Waals surface area contributed by atoms with Gasteiger partial charge in [0.1, 0.15) is 5.75 Å². The number of aromatic nitrogens is 1. The van der Waals surface area contributed by atoms with Crippen LogP contribution in [0.15, 0.2) is 18.2 Å². The van der Waals surface area contributed by atoms with Crippen molar-refractivity contribution in [2.75, 3.05) is 32.6 Å². The molecule has 1 fully saturated rings. The molecule has 4 rings (SSSR count). The minimum atomic E-state index is 0.553. The molecule has 4 heteroatoms. The zero-order chi connectivity index (χ0) is 17.9. The lowest BCUT2D eigenvalue weighted by atomic mass is 9.93. The van der Waals surface area contributed by atoms with Crippen molar-refractivity contribution in [3.63, 3.8) is 0 Å². The van der Waals surface area contributed by atoms with Gasteiger partial charge in [0.25, 0.3) is 0 Å². The van der Waals surface area contributed by atoms with Crippen LogP contribution in [0.4, 0.5) is 5.69 Å². The topological polar surface area (TPSA) is 37.4 Å². The fourth-order valence-corrected chi connectivity index (χ4v) is 4.41. The molecule has 1 aliphatic heterocycles. The Kier molecular flexibility index (Phi) is 5.30. The number of likely N-dealkylation sites (tertiary alicyclic amines) is 1. The van der Waals surface area contributed by atoms with Gasteiger partial charge < -0.3 is 15.0 Å². The quantitative estimate of drug-likeness (QED) is 0.887. The van der Waals surface area contributed by atoms with Crippen LogP contribution in [-0.4, -0.2) is 43.2 Å². The number of anilines is 1. The van der Waals surface area contributed by atoms with Crippen molar-refractivity contribution in [3.8, 4) is 5.75 Å². The molecule has 0 radical (unpaired) electrons. The molecule has 1 aliphatic carbocycles. The van der Waals surface area contributed by atoms with E-state index >= 15 is 0 Å². The number of nitrogens with zero attached hydrogens (tertiary/aromatic N) is 2. The average Bonchev–Trinajstić information content (AvgIpc) is 2.64. The van der Waals surface area contributed by atoms with E-state index in [9.17, 15) is 0 Å². The summed E-state index contributed by atoms with van der Waals surface area (Å²) in [5, 5.41) is 5.17. The summed E-state index contributed by atoms with van der Waals surface area (Å²) in [5.41, 5.74) is 5.21. The van der Waals surface area contributed by atoms with E-state index < -0.39 is 0 Å². The highest BCUT2D eigenvalue weighted by Gasteiger charge is 2.22. The molecule has 0 unspecified atom stereocenters. The Morgan fingerprint density at radius 2 is 1.85 bits per heavy atom. The Labute approximate surface area is 156 Å². The Morgan fingerprint density at radius 1 is 1.08 bits per heavy atom. The van der Waals surface area contributed by atoms with E-state index in [1.165, 1.54) is 73.9 Å². The van der Waals surface area contributed by atoms with Crippen LogP contribution in [-0.2, 0) is 12.8 Å².